The van der Waals surface area contributed by atoms with Crippen molar-refractivity contribution in [3.63, 3.8) is 0 Å². The second-order valence-electron chi connectivity index (χ2n) is 5.37. The normalized spacial score (nSPS) is 25.9. The first-order valence-corrected chi connectivity index (χ1v) is 6.65. The van der Waals surface area contributed by atoms with Gasteiger partial charge in [-0.25, -0.2) is 0 Å². The van der Waals surface area contributed by atoms with Gasteiger partial charge in [-0.3, -0.25) is 9.59 Å². The average molecular weight is 263 g/mol. The van der Waals surface area contributed by atoms with Gasteiger partial charge in [-0.15, -0.1) is 0 Å². The van der Waals surface area contributed by atoms with E-state index in [4.69, 9.17) is 4.52 Å². The fraction of sp³-hybridized carbons (Fsp3) is 0.615. The van der Waals surface area contributed by atoms with Crippen LogP contribution in [0.4, 0.5) is 0 Å². The maximum absolute atomic E-state index is 12.7. The summed E-state index contributed by atoms with van der Waals surface area (Å²) >= 11 is 0. The molecular weight excluding hydrogens is 246 g/mol. The molecule has 0 aromatic carbocycles. The van der Waals surface area contributed by atoms with Crippen molar-refractivity contribution in [1.29, 1.82) is 0 Å². The lowest BCUT2D eigenvalue weighted by molar-refractivity contribution is -0.155. The van der Waals surface area contributed by atoms with Gasteiger partial charge in [0.15, 0.2) is 5.76 Å². The van der Waals surface area contributed by atoms with Gasteiger partial charge in [-0.05, 0) is 19.8 Å². The van der Waals surface area contributed by atoms with E-state index >= 15 is 0 Å². The number of nitrogens with one attached hydrogen (secondary N) is 1. The van der Waals surface area contributed by atoms with Crippen LogP contribution in [0.2, 0.25) is 0 Å². The van der Waals surface area contributed by atoms with Gasteiger partial charge in [-0.2, -0.15) is 0 Å². The van der Waals surface area contributed by atoms with Gasteiger partial charge in [0.05, 0.1) is 12.7 Å². The Bertz CT molecular complexity index is 491. The molecule has 2 heterocycles. The zero-order valence-electron chi connectivity index (χ0n) is 10.9. The zero-order valence-corrected chi connectivity index (χ0v) is 10.9. The Kier molecular flexibility index (Phi) is 2.80. The molecule has 2 amide bonds. The third-order valence-electron chi connectivity index (χ3n) is 4.15. The van der Waals surface area contributed by atoms with E-state index in [0.717, 1.165) is 25.7 Å². The van der Waals surface area contributed by atoms with Gasteiger partial charge >= 0.3 is 0 Å². The second kappa shape index (κ2) is 4.36. The van der Waals surface area contributed by atoms with Crippen molar-refractivity contribution < 1.29 is 14.1 Å². The van der Waals surface area contributed by atoms with Gasteiger partial charge < -0.3 is 14.7 Å². The molecule has 0 radical (unpaired) electrons. The molecule has 6 heteroatoms. The van der Waals surface area contributed by atoms with Gasteiger partial charge in [-0.1, -0.05) is 18.0 Å². The fourth-order valence-corrected chi connectivity index (χ4v) is 3.00. The highest BCUT2D eigenvalue weighted by atomic mass is 16.5. The van der Waals surface area contributed by atoms with E-state index in [1.54, 1.807) is 24.1 Å². The van der Waals surface area contributed by atoms with E-state index in [1.165, 1.54) is 0 Å². The summed E-state index contributed by atoms with van der Waals surface area (Å²) < 4.78 is 5.04. The Morgan fingerprint density at radius 1 is 1.47 bits per heavy atom. The number of aromatic nitrogens is 1. The molecule has 1 saturated carbocycles. The number of carbonyl (C=O) groups excluding carboxylic acids is 2. The molecule has 1 aromatic rings. The van der Waals surface area contributed by atoms with E-state index in [1.807, 2.05) is 0 Å². The van der Waals surface area contributed by atoms with Crippen LogP contribution in [0.25, 0.3) is 0 Å². The number of rotatable bonds is 2. The Labute approximate surface area is 111 Å². The molecule has 1 unspecified atom stereocenters. The first-order chi connectivity index (χ1) is 9.12. The molecule has 1 aliphatic heterocycles. The highest BCUT2D eigenvalue weighted by Crippen LogP contribution is 2.35. The summed E-state index contributed by atoms with van der Waals surface area (Å²) in [4.78, 5) is 26.4. The summed E-state index contributed by atoms with van der Waals surface area (Å²) in [5, 5.41) is 6.56. The average Bonchev–Trinajstić information content (AvgIpc) is 3.04. The summed E-state index contributed by atoms with van der Waals surface area (Å²) in [5.74, 6) is 0.526. The molecule has 3 rings (SSSR count). The molecule has 1 aromatic heterocycles. The van der Waals surface area contributed by atoms with Crippen molar-refractivity contribution in [3.05, 3.63) is 18.0 Å². The summed E-state index contributed by atoms with van der Waals surface area (Å²) in [6.07, 6.45) is 4.97. The SMILES string of the molecule is CC1C(=O)NC2(CCCC2)C(=O)N1Cc1ccno1. The monoisotopic (exact) mass is 263 g/mol. The first-order valence-electron chi connectivity index (χ1n) is 6.65. The van der Waals surface area contributed by atoms with Crippen LogP contribution in [0.15, 0.2) is 16.8 Å². The maximum atomic E-state index is 12.7. The third-order valence-corrected chi connectivity index (χ3v) is 4.15. The zero-order chi connectivity index (χ0) is 13.5. The van der Waals surface area contributed by atoms with Crippen molar-refractivity contribution in [2.24, 2.45) is 0 Å². The Morgan fingerprint density at radius 2 is 2.21 bits per heavy atom. The Hall–Kier alpha value is -1.85. The van der Waals surface area contributed by atoms with E-state index in [-0.39, 0.29) is 11.8 Å². The van der Waals surface area contributed by atoms with Crippen LogP contribution in [-0.2, 0) is 16.1 Å². The molecule has 1 atom stereocenters. The largest absolute Gasteiger partial charge is 0.360 e. The molecule has 2 fully saturated rings. The minimum absolute atomic E-state index is 0.00787. The lowest BCUT2D eigenvalue weighted by Crippen LogP contribution is -2.68. The second-order valence-corrected chi connectivity index (χ2v) is 5.37. The standard InChI is InChI=1S/C13H17N3O3/c1-9-11(17)15-13(5-2-3-6-13)12(18)16(9)8-10-4-7-14-19-10/h4,7,9H,2-3,5-6,8H2,1H3,(H,15,17). The lowest BCUT2D eigenvalue weighted by atomic mass is 9.91. The highest BCUT2D eigenvalue weighted by Gasteiger charge is 2.50. The molecule has 1 N–H and O–H groups in total. The number of piperazine rings is 1. The summed E-state index contributed by atoms with van der Waals surface area (Å²) in [5.41, 5.74) is -0.677. The van der Waals surface area contributed by atoms with Crippen molar-refractivity contribution >= 4 is 11.8 Å². The van der Waals surface area contributed by atoms with E-state index < -0.39 is 11.6 Å². The molecule has 0 bridgehead atoms. The summed E-state index contributed by atoms with van der Waals surface area (Å²) in [7, 11) is 0. The van der Waals surface area contributed by atoms with Crippen molar-refractivity contribution in [2.75, 3.05) is 0 Å². The topological polar surface area (TPSA) is 75.4 Å². The van der Waals surface area contributed by atoms with Crippen LogP contribution in [0, 0.1) is 0 Å². The molecule has 102 valence electrons. The first kappa shape index (κ1) is 12.2. The summed E-state index contributed by atoms with van der Waals surface area (Å²) in [6.45, 7) is 2.04. The smallest absolute Gasteiger partial charge is 0.249 e. The van der Waals surface area contributed by atoms with E-state index in [9.17, 15) is 9.59 Å². The predicted molar refractivity (Wildman–Crippen MR) is 65.9 cm³/mol. The quantitative estimate of drug-likeness (QED) is 0.857. The Morgan fingerprint density at radius 3 is 2.84 bits per heavy atom. The van der Waals surface area contributed by atoms with Crippen LogP contribution in [0.5, 0.6) is 0 Å². The van der Waals surface area contributed by atoms with E-state index in [2.05, 4.69) is 10.5 Å². The van der Waals surface area contributed by atoms with Crippen LogP contribution < -0.4 is 5.32 Å². The van der Waals surface area contributed by atoms with Crippen LogP contribution >= 0.6 is 0 Å². The minimum Gasteiger partial charge on any atom is -0.360 e. The number of carbonyl (C=O) groups is 2. The van der Waals surface area contributed by atoms with Gasteiger partial charge in [0, 0.05) is 6.07 Å². The molecule has 6 nitrogen and oxygen atoms in total. The molecular formula is C13H17N3O3. The van der Waals surface area contributed by atoms with Crippen LogP contribution in [-0.4, -0.2) is 33.5 Å². The lowest BCUT2D eigenvalue weighted by Gasteiger charge is -2.42. The predicted octanol–water partition coefficient (Wildman–Crippen LogP) is 0.834. The molecule has 1 spiro atoms. The maximum Gasteiger partial charge on any atom is 0.249 e. The molecule has 2 aliphatic rings. The third kappa shape index (κ3) is 1.91. The van der Waals surface area contributed by atoms with Gasteiger partial charge in [0.25, 0.3) is 0 Å². The number of nitrogens with zero attached hydrogens (tertiary/aromatic N) is 2. The van der Waals surface area contributed by atoms with Crippen LogP contribution in [0.1, 0.15) is 38.4 Å². The Balaban J connectivity index is 1.87. The number of hydrogen-bond donors (Lipinski definition) is 1. The van der Waals surface area contributed by atoms with Gasteiger partial charge in [0.1, 0.15) is 11.6 Å². The number of hydrogen-bond acceptors (Lipinski definition) is 4. The van der Waals surface area contributed by atoms with E-state index in [0.29, 0.717) is 12.3 Å². The number of amides is 2. The van der Waals surface area contributed by atoms with Crippen molar-refractivity contribution in [3.8, 4) is 0 Å². The minimum atomic E-state index is -0.677. The highest BCUT2D eigenvalue weighted by molar-refractivity contribution is 5.99. The molecule has 1 aliphatic carbocycles. The molecule has 1 saturated heterocycles. The summed E-state index contributed by atoms with van der Waals surface area (Å²) in [6, 6.07) is 1.25. The van der Waals surface area contributed by atoms with Crippen molar-refractivity contribution in [1.82, 2.24) is 15.4 Å². The molecule has 19 heavy (non-hydrogen) atoms. The fourth-order valence-electron chi connectivity index (χ4n) is 3.00. The van der Waals surface area contributed by atoms with Crippen LogP contribution in [0.3, 0.4) is 0 Å². The van der Waals surface area contributed by atoms with Gasteiger partial charge in [0.2, 0.25) is 11.8 Å². The van der Waals surface area contributed by atoms with Crippen molar-refractivity contribution in [2.45, 2.75) is 50.7 Å².